The standard InChI is InChI=1S/C12H11N3O3.Na/c1-8-11(13-7-10(16)17)12(18)15(14-8)9-5-3-2-4-6-9;/h2-7,18H,1H3,(H,16,17);/q;+1/p-1. The fourth-order valence-corrected chi connectivity index (χ4v) is 1.52. The molecule has 2 rings (SSSR count). The summed E-state index contributed by atoms with van der Waals surface area (Å²) in [5.41, 5.74) is 1.20. The van der Waals surface area contributed by atoms with Gasteiger partial charge >= 0.3 is 29.6 Å². The zero-order valence-corrected chi connectivity index (χ0v) is 12.6. The van der Waals surface area contributed by atoms with Gasteiger partial charge in [-0.2, -0.15) is 9.78 Å². The van der Waals surface area contributed by atoms with Crippen molar-refractivity contribution in [2.45, 2.75) is 6.92 Å². The van der Waals surface area contributed by atoms with E-state index in [0.29, 0.717) is 17.6 Å². The summed E-state index contributed by atoms with van der Waals surface area (Å²) in [4.78, 5) is 13.9. The molecule has 0 atom stereocenters. The van der Waals surface area contributed by atoms with E-state index < -0.39 is 5.97 Å². The van der Waals surface area contributed by atoms with Crippen LogP contribution in [0.1, 0.15) is 5.69 Å². The molecule has 19 heavy (non-hydrogen) atoms. The van der Waals surface area contributed by atoms with Crippen molar-refractivity contribution in [2.75, 3.05) is 0 Å². The second kappa shape index (κ2) is 6.51. The Labute approximate surface area is 131 Å². The maximum absolute atomic E-state index is 10.3. The SMILES string of the molecule is Cc1nn(-c2ccccc2)c(O)c1N=CC(=O)[O-].[Na+]. The Morgan fingerprint density at radius 1 is 1.42 bits per heavy atom. The number of aromatic hydroxyl groups is 1. The summed E-state index contributed by atoms with van der Waals surface area (Å²) in [6, 6.07) is 8.97. The van der Waals surface area contributed by atoms with E-state index in [0.717, 1.165) is 0 Å². The van der Waals surface area contributed by atoms with Crippen LogP contribution in [0.4, 0.5) is 5.69 Å². The number of hydrogen-bond acceptors (Lipinski definition) is 5. The fourth-order valence-electron chi connectivity index (χ4n) is 1.52. The van der Waals surface area contributed by atoms with Crippen molar-refractivity contribution in [1.29, 1.82) is 0 Å². The Morgan fingerprint density at radius 2 is 2.05 bits per heavy atom. The first-order valence-electron chi connectivity index (χ1n) is 5.18. The topological polar surface area (TPSA) is 90.5 Å². The quantitative estimate of drug-likeness (QED) is 0.485. The number of hydrogen-bond donors (Lipinski definition) is 1. The third-order valence-corrected chi connectivity index (χ3v) is 2.30. The molecular formula is C12H10N3NaO3. The Balaban J connectivity index is 0.00000180. The van der Waals surface area contributed by atoms with E-state index in [1.807, 2.05) is 6.07 Å². The molecule has 1 heterocycles. The first kappa shape index (κ1) is 15.4. The minimum Gasteiger partial charge on any atom is -0.544 e. The molecule has 0 spiro atoms. The van der Waals surface area contributed by atoms with Gasteiger partial charge in [-0.15, -0.1) is 0 Å². The number of benzene rings is 1. The molecule has 0 amide bonds. The molecule has 6 nitrogen and oxygen atoms in total. The molecule has 0 aliphatic heterocycles. The van der Waals surface area contributed by atoms with Crippen LogP contribution in [0.3, 0.4) is 0 Å². The van der Waals surface area contributed by atoms with Crippen molar-refractivity contribution in [3.8, 4) is 11.6 Å². The summed E-state index contributed by atoms with van der Waals surface area (Å²) in [5.74, 6) is -1.64. The van der Waals surface area contributed by atoms with Gasteiger partial charge in [0.05, 0.1) is 23.6 Å². The first-order chi connectivity index (χ1) is 8.59. The van der Waals surface area contributed by atoms with Crippen LogP contribution in [0.2, 0.25) is 0 Å². The molecule has 0 saturated carbocycles. The molecule has 1 aromatic heterocycles. The minimum atomic E-state index is -1.43. The van der Waals surface area contributed by atoms with Gasteiger partial charge in [-0.25, -0.2) is 4.99 Å². The number of aliphatic imine (C=N–C) groups is 1. The molecule has 0 aliphatic carbocycles. The van der Waals surface area contributed by atoms with Gasteiger partial charge in [0.15, 0.2) is 0 Å². The van der Waals surface area contributed by atoms with Crippen LogP contribution in [-0.2, 0) is 4.79 Å². The van der Waals surface area contributed by atoms with E-state index in [4.69, 9.17) is 0 Å². The van der Waals surface area contributed by atoms with Crippen LogP contribution >= 0.6 is 0 Å². The fraction of sp³-hybridized carbons (Fsp3) is 0.0833. The van der Waals surface area contributed by atoms with Crippen LogP contribution in [-0.4, -0.2) is 27.1 Å². The van der Waals surface area contributed by atoms with Crippen LogP contribution in [0.15, 0.2) is 35.3 Å². The van der Waals surface area contributed by atoms with Crippen LogP contribution in [0.25, 0.3) is 5.69 Å². The van der Waals surface area contributed by atoms with E-state index in [2.05, 4.69) is 10.1 Å². The molecule has 1 N–H and O–H groups in total. The third-order valence-electron chi connectivity index (χ3n) is 2.30. The summed E-state index contributed by atoms with van der Waals surface area (Å²) < 4.78 is 1.29. The average molecular weight is 267 g/mol. The second-order valence-corrected chi connectivity index (χ2v) is 3.58. The summed E-state index contributed by atoms with van der Waals surface area (Å²) in [6.45, 7) is 1.63. The Morgan fingerprint density at radius 3 is 2.63 bits per heavy atom. The molecule has 0 saturated heterocycles. The predicted molar refractivity (Wildman–Crippen MR) is 63.1 cm³/mol. The number of carboxylic acids is 1. The number of carbonyl (C=O) groups excluding carboxylic acids is 1. The molecule has 0 radical (unpaired) electrons. The number of rotatable bonds is 3. The summed E-state index contributed by atoms with van der Waals surface area (Å²) in [7, 11) is 0. The van der Waals surface area contributed by atoms with Crippen molar-refractivity contribution in [2.24, 2.45) is 4.99 Å². The average Bonchev–Trinajstić information content (AvgIpc) is 2.63. The van der Waals surface area contributed by atoms with Crippen molar-refractivity contribution < 1.29 is 44.6 Å². The van der Waals surface area contributed by atoms with Crippen molar-refractivity contribution in [3.05, 3.63) is 36.0 Å². The Bertz CT molecular complexity index is 608. The Kier molecular flexibility index (Phi) is 5.29. The third kappa shape index (κ3) is 3.44. The van der Waals surface area contributed by atoms with Crippen molar-refractivity contribution in [3.63, 3.8) is 0 Å². The smallest absolute Gasteiger partial charge is 0.544 e. The van der Waals surface area contributed by atoms with Gasteiger partial charge in [-0.3, -0.25) is 0 Å². The normalized spacial score (nSPS) is 10.4. The van der Waals surface area contributed by atoms with Gasteiger partial charge in [0.1, 0.15) is 5.69 Å². The van der Waals surface area contributed by atoms with Gasteiger partial charge in [-0.05, 0) is 19.1 Å². The van der Waals surface area contributed by atoms with Gasteiger partial charge in [0.25, 0.3) is 0 Å². The van der Waals surface area contributed by atoms with E-state index >= 15 is 0 Å². The Hall–Kier alpha value is -1.63. The van der Waals surface area contributed by atoms with Gasteiger partial charge in [0.2, 0.25) is 5.88 Å². The molecule has 0 aliphatic rings. The van der Waals surface area contributed by atoms with Crippen LogP contribution in [0, 0.1) is 6.92 Å². The van der Waals surface area contributed by atoms with E-state index in [9.17, 15) is 15.0 Å². The maximum atomic E-state index is 10.3. The molecule has 1 aromatic carbocycles. The molecule has 0 fully saturated rings. The summed E-state index contributed by atoms with van der Waals surface area (Å²) >= 11 is 0. The first-order valence-corrected chi connectivity index (χ1v) is 5.18. The number of carbonyl (C=O) groups is 1. The van der Waals surface area contributed by atoms with Gasteiger partial charge in [0, 0.05) is 0 Å². The molecule has 7 heteroatoms. The monoisotopic (exact) mass is 267 g/mol. The summed E-state index contributed by atoms with van der Waals surface area (Å²) in [6.07, 6.45) is 0.610. The van der Waals surface area contributed by atoms with Crippen molar-refractivity contribution in [1.82, 2.24) is 9.78 Å². The number of carboxylic acid groups (broad SMARTS) is 1. The second-order valence-electron chi connectivity index (χ2n) is 3.58. The number of aromatic nitrogens is 2. The molecule has 0 unspecified atom stereocenters. The molecular weight excluding hydrogens is 257 g/mol. The van der Waals surface area contributed by atoms with Crippen LogP contribution < -0.4 is 34.7 Å². The van der Waals surface area contributed by atoms with E-state index in [1.165, 1.54) is 4.68 Å². The van der Waals surface area contributed by atoms with Crippen molar-refractivity contribution >= 4 is 17.9 Å². The van der Waals surface area contributed by atoms with Crippen LogP contribution in [0.5, 0.6) is 5.88 Å². The largest absolute Gasteiger partial charge is 1.00 e. The predicted octanol–water partition coefficient (Wildman–Crippen LogP) is -2.66. The molecule has 2 aromatic rings. The van der Waals surface area contributed by atoms with E-state index in [-0.39, 0.29) is 41.1 Å². The molecule has 0 bridgehead atoms. The minimum absolute atomic E-state index is 0. The summed E-state index contributed by atoms with van der Waals surface area (Å²) in [5, 5.41) is 24.4. The zero-order chi connectivity index (χ0) is 13.1. The molecule has 92 valence electrons. The van der Waals surface area contributed by atoms with Gasteiger partial charge < -0.3 is 15.0 Å². The maximum Gasteiger partial charge on any atom is 1.00 e. The van der Waals surface area contributed by atoms with Gasteiger partial charge in [-0.1, -0.05) is 18.2 Å². The zero-order valence-electron chi connectivity index (χ0n) is 10.6. The number of aliphatic carboxylic acids is 1. The number of para-hydroxylation sites is 1. The number of aryl methyl sites for hydroxylation is 1. The number of nitrogens with zero attached hydrogens (tertiary/aromatic N) is 3. The van der Waals surface area contributed by atoms with E-state index in [1.54, 1.807) is 31.2 Å².